The first-order valence-electron chi connectivity index (χ1n) is 21.3. The second-order valence-electron chi connectivity index (χ2n) is 16.9. The number of carbonyl (C=O) groups excluding carboxylic acids is 1. The van der Waals surface area contributed by atoms with Gasteiger partial charge in [-0.3, -0.25) is 28.9 Å². The van der Waals surface area contributed by atoms with E-state index < -0.39 is 4.92 Å². The fraction of sp³-hybridized carbons (Fsp3) is 0.354. The van der Waals surface area contributed by atoms with Gasteiger partial charge < -0.3 is 24.0 Å². The molecule has 0 spiro atoms. The standard InChI is InChI=1S/C48H51N7O7/c1-31(2)62-43-25-38-34(24-42(43)55(58)59)26-53(47(38)56)36-20-18-35(19-21-36)50(3)37-27-52(28-37)39-16-11-17-40-45(39)51(4)48(57)54(40)41-22-23-44(60-29-32-12-7-5-8-13-32)49-46(41)61-30-33-14-9-6-10-15-33/h5-17,22-25,31,35-37H,18-21,26-30H2,1-4H3. The van der Waals surface area contributed by atoms with Gasteiger partial charge in [0.05, 0.1) is 27.7 Å². The number of amides is 1. The first-order valence-corrected chi connectivity index (χ1v) is 21.3. The zero-order valence-electron chi connectivity index (χ0n) is 35.5. The van der Waals surface area contributed by atoms with Crippen molar-refractivity contribution < 1.29 is 23.9 Å². The number of likely N-dealkylation sites (N-methyl/N-ethyl adjacent to an activating group) is 1. The van der Waals surface area contributed by atoms with Crippen LogP contribution in [0.4, 0.5) is 11.4 Å². The number of pyridine rings is 1. The number of carbonyl (C=O) groups is 1. The van der Waals surface area contributed by atoms with Crippen LogP contribution in [0.5, 0.6) is 17.5 Å². The van der Waals surface area contributed by atoms with E-state index in [-0.39, 0.29) is 41.8 Å². The van der Waals surface area contributed by atoms with Crippen LogP contribution in [0.2, 0.25) is 0 Å². The molecule has 2 aromatic heterocycles. The van der Waals surface area contributed by atoms with E-state index in [4.69, 9.17) is 19.2 Å². The van der Waals surface area contributed by atoms with Crippen molar-refractivity contribution in [3.8, 4) is 23.2 Å². The number of fused-ring (bicyclic) bond motifs is 2. The molecule has 62 heavy (non-hydrogen) atoms. The summed E-state index contributed by atoms with van der Waals surface area (Å²) in [6.07, 6.45) is 3.38. The molecule has 0 bridgehead atoms. The number of nitrogens with zero attached hydrogens (tertiary/aromatic N) is 7. The summed E-state index contributed by atoms with van der Waals surface area (Å²) in [6.45, 7) is 6.24. The van der Waals surface area contributed by atoms with E-state index in [2.05, 4.69) is 22.9 Å². The van der Waals surface area contributed by atoms with E-state index in [0.717, 1.165) is 66.6 Å². The number of imidazole rings is 1. The van der Waals surface area contributed by atoms with Crippen LogP contribution < -0.4 is 24.8 Å². The van der Waals surface area contributed by atoms with Gasteiger partial charge in [-0.1, -0.05) is 66.7 Å². The smallest absolute Gasteiger partial charge is 0.333 e. The minimum absolute atomic E-state index is 0.0753. The zero-order chi connectivity index (χ0) is 43.1. The van der Waals surface area contributed by atoms with Crippen LogP contribution in [-0.2, 0) is 26.8 Å². The van der Waals surface area contributed by atoms with Crippen LogP contribution in [0.25, 0.3) is 16.7 Å². The topological polar surface area (TPSA) is 137 Å². The summed E-state index contributed by atoms with van der Waals surface area (Å²) < 4.78 is 21.5. The Morgan fingerprint density at radius 1 is 0.823 bits per heavy atom. The van der Waals surface area contributed by atoms with E-state index in [1.165, 1.54) is 6.07 Å². The first kappa shape index (κ1) is 40.7. The normalized spacial score (nSPS) is 17.7. The summed E-state index contributed by atoms with van der Waals surface area (Å²) in [4.78, 5) is 50.7. The SMILES string of the molecule is CC(C)Oc1cc2c(cc1[N+](=O)[O-])CN(C1CCC(N(C)C3CN(c4cccc5c4n(C)c(=O)n5-c4ccc(OCc5ccccc5)nc4OCc4ccccc4)C3)CC1)C2=O. The van der Waals surface area contributed by atoms with Gasteiger partial charge in [-0.2, -0.15) is 4.98 Å². The Hall–Kier alpha value is -6.67. The average Bonchev–Trinajstić information content (AvgIpc) is 3.72. The molecule has 1 amide bonds. The Morgan fingerprint density at radius 3 is 2.16 bits per heavy atom. The molecule has 2 aliphatic heterocycles. The van der Waals surface area contributed by atoms with Gasteiger partial charge in [0.25, 0.3) is 5.91 Å². The molecule has 0 unspecified atom stereocenters. The van der Waals surface area contributed by atoms with Crippen molar-refractivity contribution in [3.63, 3.8) is 0 Å². The Bertz CT molecular complexity index is 2670. The second kappa shape index (κ2) is 17.0. The van der Waals surface area contributed by atoms with E-state index in [1.54, 1.807) is 21.3 Å². The van der Waals surface area contributed by atoms with Crippen LogP contribution in [0, 0.1) is 10.1 Å². The third-order valence-electron chi connectivity index (χ3n) is 12.6. The highest BCUT2D eigenvalue weighted by atomic mass is 16.6. The van der Waals surface area contributed by atoms with Crippen LogP contribution >= 0.6 is 0 Å². The number of hydrogen-bond acceptors (Lipinski definition) is 10. The molecule has 0 radical (unpaired) electrons. The van der Waals surface area contributed by atoms with Crippen LogP contribution in [0.3, 0.4) is 0 Å². The van der Waals surface area contributed by atoms with Gasteiger partial charge in [0.1, 0.15) is 18.9 Å². The highest BCUT2D eigenvalue weighted by molar-refractivity contribution is 5.99. The van der Waals surface area contributed by atoms with Crippen molar-refractivity contribution in [2.75, 3.05) is 25.0 Å². The number of aromatic nitrogens is 3. The molecular weight excluding hydrogens is 787 g/mol. The third kappa shape index (κ3) is 7.86. The molecule has 1 aliphatic carbocycles. The molecule has 4 heterocycles. The van der Waals surface area contributed by atoms with Crippen LogP contribution in [0.15, 0.2) is 108 Å². The Kier molecular flexibility index (Phi) is 11.2. The summed E-state index contributed by atoms with van der Waals surface area (Å²) in [5.41, 5.74) is 5.98. The van der Waals surface area contributed by atoms with Gasteiger partial charge in [0.15, 0.2) is 5.75 Å². The highest BCUT2D eigenvalue weighted by Gasteiger charge is 2.40. The first-order chi connectivity index (χ1) is 30.0. The number of nitro groups is 1. The van der Waals surface area contributed by atoms with Crippen molar-refractivity contribution in [3.05, 3.63) is 146 Å². The molecule has 320 valence electrons. The number of rotatable bonds is 14. The molecule has 1 saturated carbocycles. The molecule has 0 atom stereocenters. The van der Waals surface area contributed by atoms with E-state index in [1.807, 2.05) is 105 Å². The highest BCUT2D eigenvalue weighted by Crippen LogP contribution is 2.40. The molecule has 4 aromatic carbocycles. The van der Waals surface area contributed by atoms with Gasteiger partial charge in [0.2, 0.25) is 11.8 Å². The van der Waals surface area contributed by atoms with Gasteiger partial charge in [0, 0.05) is 68.6 Å². The Balaban J connectivity index is 0.883. The predicted molar refractivity (Wildman–Crippen MR) is 236 cm³/mol. The molecule has 14 nitrogen and oxygen atoms in total. The molecule has 1 saturated heterocycles. The van der Waals surface area contributed by atoms with Gasteiger partial charge in [-0.05, 0) is 81.5 Å². The molecular formula is C48H51N7O7. The lowest BCUT2D eigenvalue weighted by atomic mass is 9.88. The molecule has 2 fully saturated rings. The second-order valence-corrected chi connectivity index (χ2v) is 16.9. The predicted octanol–water partition coefficient (Wildman–Crippen LogP) is 7.67. The van der Waals surface area contributed by atoms with E-state index in [9.17, 15) is 19.7 Å². The largest absolute Gasteiger partial charge is 0.484 e. The van der Waals surface area contributed by atoms with Crippen molar-refractivity contribution in [1.82, 2.24) is 23.9 Å². The number of ether oxygens (including phenoxy) is 3. The van der Waals surface area contributed by atoms with Crippen LogP contribution in [-0.4, -0.2) is 79.1 Å². The third-order valence-corrected chi connectivity index (χ3v) is 12.6. The van der Waals surface area contributed by atoms with Crippen molar-refractivity contribution in [2.45, 2.75) is 83.5 Å². The van der Waals surface area contributed by atoms with Gasteiger partial charge >= 0.3 is 11.4 Å². The number of hydrogen-bond donors (Lipinski definition) is 0. The summed E-state index contributed by atoms with van der Waals surface area (Å²) in [7, 11) is 4.01. The Labute approximate surface area is 360 Å². The van der Waals surface area contributed by atoms with Gasteiger partial charge in [-0.15, -0.1) is 0 Å². The Morgan fingerprint density at radius 2 is 1.50 bits per heavy atom. The van der Waals surface area contributed by atoms with Crippen molar-refractivity contribution in [2.24, 2.45) is 7.05 Å². The summed E-state index contributed by atoms with van der Waals surface area (Å²) in [5, 5.41) is 11.8. The molecule has 6 aromatic rings. The molecule has 0 N–H and O–H groups in total. The number of para-hydroxylation sites is 1. The zero-order valence-corrected chi connectivity index (χ0v) is 35.5. The number of anilines is 1. The maximum absolute atomic E-state index is 14.2. The summed E-state index contributed by atoms with van der Waals surface area (Å²) in [6, 6.07) is 33.3. The molecule has 14 heteroatoms. The maximum atomic E-state index is 14.2. The lowest BCUT2D eigenvalue weighted by molar-refractivity contribution is -0.386. The summed E-state index contributed by atoms with van der Waals surface area (Å²) in [5.74, 6) is 0.756. The van der Waals surface area contributed by atoms with Crippen molar-refractivity contribution in [1.29, 1.82) is 0 Å². The monoisotopic (exact) mass is 837 g/mol. The van der Waals surface area contributed by atoms with E-state index >= 15 is 0 Å². The van der Waals surface area contributed by atoms with E-state index in [0.29, 0.717) is 53.8 Å². The molecule has 9 rings (SSSR count). The van der Waals surface area contributed by atoms with Crippen molar-refractivity contribution >= 4 is 28.3 Å². The lowest BCUT2D eigenvalue weighted by Crippen LogP contribution is -2.61. The van der Waals surface area contributed by atoms with Gasteiger partial charge in [-0.25, -0.2) is 4.79 Å². The van der Waals surface area contributed by atoms with Crippen LogP contribution in [0.1, 0.15) is 66.6 Å². The lowest BCUT2D eigenvalue weighted by Gasteiger charge is -2.49. The number of benzene rings is 4. The maximum Gasteiger partial charge on any atom is 0.333 e. The fourth-order valence-corrected chi connectivity index (χ4v) is 9.23. The quantitative estimate of drug-likeness (QED) is 0.0794. The number of nitro benzene ring substituents is 1. The average molecular weight is 838 g/mol. The number of aryl methyl sites for hydroxylation is 1. The molecule has 3 aliphatic rings. The fourth-order valence-electron chi connectivity index (χ4n) is 9.23. The minimum atomic E-state index is -0.438. The summed E-state index contributed by atoms with van der Waals surface area (Å²) >= 11 is 0. The minimum Gasteiger partial charge on any atom is -0.484 e.